The zero-order valence-corrected chi connectivity index (χ0v) is 9.68. The molecule has 82 valence electrons. The quantitative estimate of drug-likeness (QED) is 0.749. The Morgan fingerprint density at radius 2 is 1.93 bits per heavy atom. The minimum Gasteiger partial charge on any atom is -0.381 e. The first kappa shape index (κ1) is 10.4. The fourth-order valence-corrected chi connectivity index (χ4v) is 2.42. The van der Waals surface area contributed by atoms with E-state index in [-0.39, 0.29) is 0 Å². The highest BCUT2D eigenvalue weighted by molar-refractivity contribution is 5.07. The molecule has 1 aliphatic heterocycles. The van der Waals surface area contributed by atoms with Gasteiger partial charge in [-0.05, 0) is 30.6 Å². The van der Waals surface area contributed by atoms with Gasteiger partial charge in [-0.15, -0.1) is 0 Å². The fraction of sp³-hybridized carbons (Fsp3) is 1.00. The summed E-state index contributed by atoms with van der Waals surface area (Å²) in [6.45, 7) is 8.98. The van der Waals surface area contributed by atoms with Crippen molar-refractivity contribution < 1.29 is 4.74 Å². The average molecular weight is 197 g/mol. The summed E-state index contributed by atoms with van der Waals surface area (Å²) in [6, 6.07) is 1.49. The van der Waals surface area contributed by atoms with Crippen LogP contribution in [0.2, 0.25) is 0 Å². The number of rotatable bonds is 3. The summed E-state index contributed by atoms with van der Waals surface area (Å²) in [5.41, 5.74) is 0.568. The van der Waals surface area contributed by atoms with E-state index < -0.39 is 0 Å². The molecule has 0 spiro atoms. The van der Waals surface area contributed by atoms with Crippen molar-refractivity contribution in [3.63, 3.8) is 0 Å². The third-order valence-corrected chi connectivity index (χ3v) is 4.26. The van der Waals surface area contributed by atoms with Crippen LogP contribution in [0.4, 0.5) is 0 Å². The molecule has 0 aromatic heterocycles. The fourth-order valence-electron chi connectivity index (χ4n) is 2.42. The first-order valence-corrected chi connectivity index (χ1v) is 5.97. The van der Waals surface area contributed by atoms with Gasteiger partial charge in [0, 0.05) is 25.3 Å². The Bertz CT molecular complexity index is 198. The van der Waals surface area contributed by atoms with Crippen LogP contribution >= 0.6 is 0 Å². The van der Waals surface area contributed by atoms with Crippen molar-refractivity contribution >= 4 is 0 Å². The molecule has 1 saturated carbocycles. The van der Waals surface area contributed by atoms with Crippen LogP contribution < -0.4 is 5.32 Å². The van der Waals surface area contributed by atoms with Gasteiger partial charge in [-0.3, -0.25) is 0 Å². The van der Waals surface area contributed by atoms with Gasteiger partial charge in [-0.2, -0.15) is 0 Å². The molecule has 0 amide bonds. The van der Waals surface area contributed by atoms with E-state index in [9.17, 15) is 0 Å². The monoisotopic (exact) mass is 197 g/mol. The van der Waals surface area contributed by atoms with Crippen molar-refractivity contribution in [3.05, 3.63) is 0 Å². The Kier molecular flexibility index (Phi) is 2.85. The summed E-state index contributed by atoms with van der Waals surface area (Å²) >= 11 is 0. The molecule has 2 nitrogen and oxygen atoms in total. The maximum Gasteiger partial charge on any atom is 0.0480 e. The predicted molar refractivity (Wildman–Crippen MR) is 58.3 cm³/mol. The zero-order valence-electron chi connectivity index (χ0n) is 9.68. The Hall–Kier alpha value is -0.0800. The van der Waals surface area contributed by atoms with Crippen molar-refractivity contribution in [1.29, 1.82) is 0 Å². The molecule has 2 unspecified atom stereocenters. The Labute approximate surface area is 87.4 Å². The van der Waals surface area contributed by atoms with E-state index in [1.165, 1.54) is 19.3 Å². The molecule has 0 radical (unpaired) electrons. The molecule has 0 bridgehead atoms. The molecule has 2 atom stereocenters. The largest absolute Gasteiger partial charge is 0.381 e. The molecule has 2 rings (SSSR count). The van der Waals surface area contributed by atoms with Crippen molar-refractivity contribution in [3.8, 4) is 0 Å². The van der Waals surface area contributed by atoms with Gasteiger partial charge in [0.2, 0.25) is 0 Å². The molecule has 0 aromatic carbocycles. The minimum absolute atomic E-state index is 0.568. The van der Waals surface area contributed by atoms with Crippen molar-refractivity contribution in [2.75, 3.05) is 13.2 Å². The van der Waals surface area contributed by atoms with E-state index in [4.69, 9.17) is 4.74 Å². The van der Waals surface area contributed by atoms with E-state index in [0.29, 0.717) is 11.5 Å². The van der Waals surface area contributed by atoms with Gasteiger partial charge in [0.25, 0.3) is 0 Å². The van der Waals surface area contributed by atoms with Crippen molar-refractivity contribution in [2.24, 2.45) is 11.3 Å². The van der Waals surface area contributed by atoms with E-state index in [1.54, 1.807) is 0 Å². The lowest BCUT2D eigenvalue weighted by Crippen LogP contribution is -2.38. The Morgan fingerprint density at radius 1 is 1.29 bits per heavy atom. The first-order chi connectivity index (χ1) is 6.63. The van der Waals surface area contributed by atoms with E-state index in [0.717, 1.165) is 25.2 Å². The second-order valence-corrected chi connectivity index (χ2v) is 5.47. The summed E-state index contributed by atoms with van der Waals surface area (Å²) in [6.07, 6.45) is 3.76. The van der Waals surface area contributed by atoms with Crippen LogP contribution in [0.25, 0.3) is 0 Å². The van der Waals surface area contributed by atoms with Gasteiger partial charge >= 0.3 is 0 Å². The van der Waals surface area contributed by atoms with Gasteiger partial charge in [0.15, 0.2) is 0 Å². The van der Waals surface area contributed by atoms with E-state index in [1.807, 2.05) is 0 Å². The second kappa shape index (κ2) is 3.82. The smallest absolute Gasteiger partial charge is 0.0480 e. The lowest BCUT2D eigenvalue weighted by molar-refractivity contribution is 0.0762. The van der Waals surface area contributed by atoms with Gasteiger partial charge in [-0.25, -0.2) is 0 Å². The molecule has 2 heteroatoms. The number of hydrogen-bond donors (Lipinski definition) is 1. The van der Waals surface area contributed by atoms with Crippen LogP contribution in [0, 0.1) is 11.3 Å². The summed E-state index contributed by atoms with van der Waals surface area (Å²) < 4.78 is 5.36. The summed E-state index contributed by atoms with van der Waals surface area (Å²) in [5, 5.41) is 3.78. The summed E-state index contributed by atoms with van der Waals surface area (Å²) in [4.78, 5) is 0. The topological polar surface area (TPSA) is 21.3 Å². The standard InChI is InChI=1S/C12H23NO/c1-9(2)12(3)8-11(12)13-10-4-6-14-7-5-10/h9-11,13H,4-8H2,1-3H3. The van der Waals surface area contributed by atoms with Crippen LogP contribution in [0.5, 0.6) is 0 Å². The van der Waals surface area contributed by atoms with Gasteiger partial charge in [0.05, 0.1) is 0 Å². The van der Waals surface area contributed by atoms with Crippen LogP contribution in [-0.2, 0) is 4.74 Å². The SMILES string of the molecule is CC(C)C1(C)CC1NC1CCOCC1. The van der Waals surface area contributed by atoms with E-state index >= 15 is 0 Å². The van der Waals surface area contributed by atoms with E-state index in [2.05, 4.69) is 26.1 Å². The maximum atomic E-state index is 5.36. The van der Waals surface area contributed by atoms with Crippen molar-refractivity contribution in [1.82, 2.24) is 5.32 Å². The maximum absolute atomic E-state index is 5.36. The molecule has 1 N–H and O–H groups in total. The average Bonchev–Trinajstić information content (AvgIpc) is 2.80. The van der Waals surface area contributed by atoms with Crippen molar-refractivity contribution in [2.45, 2.75) is 52.1 Å². The van der Waals surface area contributed by atoms with Crippen LogP contribution in [-0.4, -0.2) is 25.3 Å². The van der Waals surface area contributed by atoms with Gasteiger partial charge < -0.3 is 10.1 Å². The molecule has 1 heterocycles. The minimum atomic E-state index is 0.568. The molecular formula is C12H23NO. The van der Waals surface area contributed by atoms with Gasteiger partial charge in [-0.1, -0.05) is 20.8 Å². The highest BCUT2D eigenvalue weighted by atomic mass is 16.5. The normalized spacial score (nSPS) is 39.0. The molecule has 14 heavy (non-hydrogen) atoms. The van der Waals surface area contributed by atoms with Crippen LogP contribution in [0.15, 0.2) is 0 Å². The first-order valence-electron chi connectivity index (χ1n) is 5.97. The molecular weight excluding hydrogens is 174 g/mol. The Morgan fingerprint density at radius 3 is 2.43 bits per heavy atom. The molecule has 1 saturated heterocycles. The van der Waals surface area contributed by atoms with Gasteiger partial charge in [0.1, 0.15) is 0 Å². The summed E-state index contributed by atoms with van der Waals surface area (Å²) in [5.74, 6) is 0.805. The second-order valence-electron chi connectivity index (χ2n) is 5.47. The Balaban J connectivity index is 1.77. The third kappa shape index (κ3) is 1.96. The number of ether oxygens (including phenoxy) is 1. The molecule has 2 fully saturated rings. The lowest BCUT2D eigenvalue weighted by Gasteiger charge is -2.25. The number of hydrogen-bond acceptors (Lipinski definition) is 2. The third-order valence-electron chi connectivity index (χ3n) is 4.26. The molecule has 1 aliphatic carbocycles. The molecule has 2 aliphatic rings. The number of nitrogens with one attached hydrogen (secondary N) is 1. The lowest BCUT2D eigenvalue weighted by atomic mass is 9.93. The predicted octanol–water partition coefficient (Wildman–Crippen LogP) is 2.19. The zero-order chi connectivity index (χ0) is 10.2. The molecule has 0 aromatic rings. The summed E-state index contributed by atoms with van der Waals surface area (Å²) in [7, 11) is 0. The van der Waals surface area contributed by atoms with Crippen LogP contribution in [0.1, 0.15) is 40.0 Å². The highest BCUT2D eigenvalue weighted by Crippen LogP contribution is 2.51. The highest BCUT2D eigenvalue weighted by Gasteiger charge is 2.52. The van der Waals surface area contributed by atoms with Crippen LogP contribution in [0.3, 0.4) is 0 Å².